The molecule has 1 fully saturated rings. The zero-order valence-electron chi connectivity index (χ0n) is 12.6. The van der Waals surface area contributed by atoms with Crippen LogP contribution in [0.2, 0.25) is 0 Å². The van der Waals surface area contributed by atoms with Crippen molar-refractivity contribution in [3.05, 3.63) is 35.3 Å². The van der Waals surface area contributed by atoms with Crippen molar-refractivity contribution in [3.63, 3.8) is 0 Å². The van der Waals surface area contributed by atoms with Crippen molar-refractivity contribution < 1.29 is 4.79 Å². The number of anilines is 3. The van der Waals surface area contributed by atoms with E-state index in [1.807, 2.05) is 36.6 Å². The van der Waals surface area contributed by atoms with E-state index < -0.39 is 5.54 Å². The molecule has 0 saturated heterocycles. The number of nitrogens with one attached hydrogen (secondary N) is 2. The molecule has 0 unspecified atom stereocenters. The van der Waals surface area contributed by atoms with E-state index in [4.69, 9.17) is 5.73 Å². The van der Waals surface area contributed by atoms with Crippen molar-refractivity contribution in [1.29, 1.82) is 0 Å². The van der Waals surface area contributed by atoms with Gasteiger partial charge in [0.2, 0.25) is 5.91 Å². The molecule has 1 aromatic carbocycles. The van der Waals surface area contributed by atoms with Crippen LogP contribution in [0.4, 0.5) is 16.5 Å². The minimum Gasteiger partial charge on any atom is -0.332 e. The lowest BCUT2D eigenvalue weighted by molar-refractivity contribution is -0.121. The Morgan fingerprint density at radius 1 is 1.23 bits per heavy atom. The number of aryl methyl sites for hydroxylation is 1. The number of carbonyl (C=O) groups excluding carboxylic acids is 1. The molecule has 116 valence electrons. The summed E-state index contributed by atoms with van der Waals surface area (Å²) in [6.45, 7) is 1.96. The van der Waals surface area contributed by atoms with Gasteiger partial charge in [0.15, 0.2) is 5.13 Å². The van der Waals surface area contributed by atoms with E-state index >= 15 is 0 Å². The van der Waals surface area contributed by atoms with E-state index in [2.05, 4.69) is 15.6 Å². The Hall–Kier alpha value is -1.92. The molecule has 1 aromatic heterocycles. The Balaban J connectivity index is 1.63. The maximum Gasteiger partial charge on any atom is 0.244 e. The first-order valence-corrected chi connectivity index (χ1v) is 8.33. The second-order valence-electron chi connectivity index (χ2n) is 5.81. The fourth-order valence-corrected chi connectivity index (χ4v) is 3.37. The molecule has 22 heavy (non-hydrogen) atoms. The normalized spacial score (nSPS) is 16.5. The van der Waals surface area contributed by atoms with E-state index in [-0.39, 0.29) is 5.91 Å². The average molecular weight is 316 g/mol. The molecule has 4 N–H and O–H groups in total. The van der Waals surface area contributed by atoms with Crippen molar-refractivity contribution in [2.75, 3.05) is 10.6 Å². The number of thiazole rings is 1. The van der Waals surface area contributed by atoms with Crippen LogP contribution in [0.15, 0.2) is 29.6 Å². The molecule has 1 aliphatic rings. The highest BCUT2D eigenvalue weighted by Gasteiger charge is 2.36. The Labute approximate surface area is 133 Å². The van der Waals surface area contributed by atoms with E-state index in [1.165, 1.54) is 0 Å². The molecule has 0 radical (unpaired) electrons. The standard InChI is InChI=1S/C16H20N4OS/c1-11-10-22-15(18-11)20-13-6-4-12(5-7-13)19-14(21)16(17)8-2-3-9-16/h4-7,10H,2-3,8-9,17H2,1H3,(H,18,20)(H,19,21). The minimum atomic E-state index is -0.699. The largest absolute Gasteiger partial charge is 0.332 e. The monoisotopic (exact) mass is 316 g/mol. The topological polar surface area (TPSA) is 80.0 Å². The molecule has 1 saturated carbocycles. The number of hydrogen-bond acceptors (Lipinski definition) is 5. The molecule has 1 heterocycles. The van der Waals surface area contributed by atoms with Gasteiger partial charge in [-0.3, -0.25) is 4.79 Å². The first-order chi connectivity index (χ1) is 10.5. The van der Waals surface area contributed by atoms with E-state index in [9.17, 15) is 4.79 Å². The van der Waals surface area contributed by atoms with Crippen LogP contribution in [-0.4, -0.2) is 16.4 Å². The molecule has 5 nitrogen and oxygen atoms in total. The highest BCUT2D eigenvalue weighted by Crippen LogP contribution is 2.29. The number of hydrogen-bond donors (Lipinski definition) is 3. The van der Waals surface area contributed by atoms with Crippen molar-refractivity contribution in [3.8, 4) is 0 Å². The molecule has 0 bridgehead atoms. The van der Waals surface area contributed by atoms with E-state index in [0.29, 0.717) is 0 Å². The summed E-state index contributed by atoms with van der Waals surface area (Å²) in [6.07, 6.45) is 3.59. The van der Waals surface area contributed by atoms with Crippen molar-refractivity contribution in [2.45, 2.75) is 38.1 Å². The van der Waals surface area contributed by atoms with Crippen molar-refractivity contribution in [2.24, 2.45) is 5.73 Å². The second kappa shape index (κ2) is 6.06. The summed E-state index contributed by atoms with van der Waals surface area (Å²) in [5.41, 5.74) is 8.16. The van der Waals surface area contributed by atoms with Crippen molar-refractivity contribution >= 4 is 33.8 Å². The molecular weight excluding hydrogens is 296 g/mol. The summed E-state index contributed by atoms with van der Waals surface area (Å²) >= 11 is 1.57. The van der Waals surface area contributed by atoms with Crippen LogP contribution in [0.3, 0.4) is 0 Å². The number of carbonyl (C=O) groups is 1. The number of nitrogens with zero attached hydrogens (tertiary/aromatic N) is 1. The predicted octanol–water partition coefficient (Wildman–Crippen LogP) is 3.41. The number of amides is 1. The highest BCUT2D eigenvalue weighted by atomic mass is 32.1. The summed E-state index contributed by atoms with van der Waals surface area (Å²) < 4.78 is 0. The summed E-state index contributed by atoms with van der Waals surface area (Å²) in [7, 11) is 0. The lowest BCUT2D eigenvalue weighted by Gasteiger charge is -2.22. The SMILES string of the molecule is Cc1csc(Nc2ccc(NC(=O)C3(N)CCCC3)cc2)n1. The highest BCUT2D eigenvalue weighted by molar-refractivity contribution is 7.13. The summed E-state index contributed by atoms with van der Waals surface area (Å²) in [4.78, 5) is 16.6. The van der Waals surface area contributed by atoms with Gasteiger partial charge in [0.05, 0.1) is 11.2 Å². The molecule has 6 heteroatoms. The van der Waals surface area contributed by atoms with Crippen molar-refractivity contribution in [1.82, 2.24) is 4.98 Å². The van der Waals surface area contributed by atoms with Crippen LogP contribution in [0.1, 0.15) is 31.4 Å². The number of aromatic nitrogens is 1. The molecule has 1 amide bonds. The summed E-state index contributed by atoms with van der Waals surface area (Å²) in [6, 6.07) is 7.59. The van der Waals surface area contributed by atoms with Crippen LogP contribution in [0, 0.1) is 6.92 Å². The molecular formula is C16H20N4OS. The zero-order valence-corrected chi connectivity index (χ0v) is 13.4. The fourth-order valence-electron chi connectivity index (χ4n) is 2.66. The van der Waals surface area contributed by atoms with Gasteiger partial charge in [-0.15, -0.1) is 11.3 Å². The molecule has 0 aliphatic heterocycles. The lowest BCUT2D eigenvalue weighted by Crippen LogP contribution is -2.48. The van der Waals surface area contributed by atoms with Crippen LogP contribution in [0.25, 0.3) is 0 Å². The first kappa shape index (κ1) is 15.0. The Morgan fingerprint density at radius 2 is 1.86 bits per heavy atom. The molecule has 2 aromatic rings. The number of rotatable bonds is 4. The molecule has 1 aliphatic carbocycles. The average Bonchev–Trinajstić information content (AvgIpc) is 3.11. The van der Waals surface area contributed by atoms with Gasteiger partial charge in [-0.25, -0.2) is 4.98 Å². The maximum atomic E-state index is 12.3. The molecule has 0 atom stereocenters. The Morgan fingerprint density at radius 3 is 2.45 bits per heavy atom. The predicted molar refractivity (Wildman–Crippen MR) is 90.6 cm³/mol. The van der Waals surface area contributed by atoms with Gasteiger partial charge in [0.25, 0.3) is 0 Å². The van der Waals surface area contributed by atoms with Gasteiger partial charge in [-0.05, 0) is 44.0 Å². The maximum absolute atomic E-state index is 12.3. The molecule has 0 spiro atoms. The van der Waals surface area contributed by atoms with Gasteiger partial charge in [0, 0.05) is 16.8 Å². The van der Waals surface area contributed by atoms with Crippen LogP contribution in [-0.2, 0) is 4.79 Å². The van der Waals surface area contributed by atoms with Crippen LogP contribution in [0.5, 0.6) is 0 Å². The fraction of sp³-hybridized carbons (Fsp3) is 0.375. The summed E-state index contributed by atoms with van der Waals surface area (Å²) in [5, 5.41) is 9.01. The third-order valence-electron chi connectivity index (χ3n) is 3.96. The van der Waals surface area contributed by atoms with Gasteiger partial charge in [0.1, 0.15) is 0 Å². The Kier molecular flexibility index (Phi) is 4.13. The number of benzene rings is 1. The van der Waals surface area contributed by atoms with Crippen LogP contribution >= 0.6 is 11.3 Å². The quantitative estimate of drug-likeness (QED) is 0.807. The minimum absolute atomic E-state index is 0.0822. The third kappa shape index (κ3) is 3.28. The zero-order chi connectivity index (χ0) is 15.6. The van der Waals surface area contributed by atoms with Gasteiger partial charge < -0.3 is 16.4 Å². The number of nitrogens with two attached hydrogens (primary N) is 1. The lowest BCUT2D eigenvalue weighted by atomic mass is 9.98. The first-order valence-electron chi connectivity index (χ1n) is 7.45. The Bertz CT molecular complexity index is 659. The van der Waals surface area contributed by atoms with Crippen LogP contribution < -0.4 is 16.4 Å². The van der Waals surface area contributed by atoms with Gasteiger partial charge in [-0.1, -0.05) is 12.8 Å². The molecule has 3 rings (SSSR count). The van der Waals surface area contributed by atoms with Gasteiger partial charge in [-0.2, -0.15) is 0 Å². The smallest absolute Gasteiger partial charge is 0.244 e. The van der Waals surface area contributed by atoms with E-state index in [0.717, 1.165) is 47.9 Å². The summed E-state index contributed by atoms with van der Waals surface area (Å²) in [5.74, 6) is -0.0822. The third-order valence-corrected chi connectivity index (χ3v) is 4.84. The van der Waals surface area contributed by atoms with Gasteiger partial charge >= 0.3 is 0 Å². The van der Waals surface area contributed by atoms with E-state index in [1.54, 1.807) is 11.3 Å². The second-order valence-corrected chi connectivity index (χ2v) is 6.67.